The summed E-state index contributed by atoms with van der Waals surface area (Å²) < 4.78 is 5.55. The maximum Gasteiger partial charge on any atom is 0.127 e. The second-order valence-corrected chi connectivity index (χ2v) is 5.11. The second-order valence-electron chi connectivity index (χ2n) is 5.11. The largest absolute Gasteiger partial charge is 0.385 e. The zero-order chi connectivity index (χ0) is 13.9. The quantitative estimate of drug-likeness (QED) is 0.637. The summed E-state index contributed by atoms with van der Waals surface area (Å²) in [5.41, 5.74) is 1.11. The van der Waals surface area contributed by atoms with Crippen molar-refractivity contribution in [2.45, 2.75) is 33.6 Å². The van der Waals surface area contributed by atoms with Gasteiger partial charge in [-0.05, 0) is 24.8 Å². The highest BCUT2D eigenvalue weighted by atomic mass is 16.5. The minimum absolute atomic E-state index is 0.611. The Balaban J connectivity index is 2.18. The molecule has 4 heteroatoms. The Morgan fingerprint density at radius 1 is 1.26 bits per heavy atom. The molecule has 0 aliphatic carbocycles. The van der Waals surface area contributed by atoms with Gasteiger partial charge in [-0.1, -0.05) is 20.8 Å². The molecule has 108 valence electrons. The van der Waals surface area contributed by atoms with Crippen LogP contribution in [0.25, 0.3) is 0 Å². The van der Waals surface area contributed by atoms with E-state index in [1.165, 1.54) is 0 Å². The fraction of sp³-hybridized carbons (Fsp3) is 0.667. The summed E-state index contributed by atoms with van der Waals surface area (Å²) in [6.07, 6.45) is 3.95. The monoisotopic (exact) mass is 265 g/mol. The summed E-state index contributed by atoms with van der Waals surface area (Å²) in [5, 5.41) is 6.67. The fourth-order valence-corrected chi connectivity index (χ4v) is 1.62. The van der Waals surface area contributed by atoms with Crippen molar-refractivity contribution < 1.29 is 4.74 Å². The van der Waals surface area contributed by atoms with Crippen molar-refractivity contribution in [1.29, 1.82) is 0 Å². The molecule has 0 saturated carbocycles. The molecule has 1 heterocycles. The summed E-state index contributed by atoms with van der Waals surface area (Å²) in [7, 11) is 0. The highest BCUT2D eigenvalue weighted by Crippen LogP contribution is 2.11. The molecular weight excluding hydrogens is 238 g/mol. The van der Waals surface area contributed by atoms with Crippen molar-refractivity contribution in [2.24, 2.45) is 5.92 Å². The molecule has 0 unspecified atom stereocenters. The van der Waals surface area contributed by atoms with Crippen molar-refractivity contribution in [1.82, 2.24) is 4.98 Å². The Labute approximate surface area is 117 Å². The Morgan fingerprint density at radius 3 is 2.84 bits per heavy atom. The lowest BCUT2D eigenvalue weighted by Gasteiger charge is -2.10. The van der Waals surface area contributed by atoms with Crippen LogP contribution in [0.3, 0.4) is 0 Å². The van der Waals surface area contributed by atoms with Crippen LogP contribution in [0.15, 0.2) is 18.3 Å². The SMILES string of the molecule is CCCNc1cc(NCCCOCC(C)C)ccn1. The molecule has 0 aliphatic heterocycles. The molecule has 19 heavy (non-hydrogen) atoms. The van der Waals surface area contributed by atoms with E-state index < -0.39 is 0 Å². The summed E-state index contributed by atoms with van der Waals surface area (Å²) in [6.45, 7) is 10.0. The third kappa shape index (κ3) is 7.67. The molecule has 0 saturated heterocycles. The van der Waals surface area contributed by atoms with E-state index in [1.807, 2.05) is 18.3 Å². The zero-order valence-corrected chi connectivity index (χ0v) is 12.4. The van der Waals surface area contributed by atoms with Gasteiger partial charge >= 0.3 is 0 Å². The average Bonchev–Trinajstić information content (AvgIpc) is 2.40. The molecule has 0 aromatic carbocycles. The molecule has 2 N–H and O–H groups in total. The first-order chi connectivity index (χ1) is 9.22. The Bertz CT molecular complexity index is 342. The molecule has 0 aliphatic rings. The number of anilines is 2. The smallest absolute Gasteiger partial charge is 0.127 e. The first kappa shape index (κ1) is 15.8. The van der Waals surface area contributed by atoms with Gasteiger partial charge in [0.1, 0.15) is 5.82 Å². The Hall–Kier alpha value is -1.29. The van der Waals surface area contributed by atoms with Gasteiger partial charge in [-0.25, -0.2) is 4.98 Å². The molecule has 1 aromatic heterocycles. The van der Waals surface area contributed by atoms with E-state index in [9.17, 15) is 0 Å². The summed E-state index contributed by atoms with van der Waals surface area (Å²) in [4.78, 5) is 4.28. The molecule has 0 atom stereocenters. The number of pyridine rings is 1. The normalized spacial score (nSPS) is 10.7. The van der Waals surface area contributed by atoms with Gasteiger partial charge in [0.25, 0.3) is 0 Å². The van der Waals surface area contributed by atoms with E-state index in [2.05, 4.69) is 36.4 Å². The van der Waals surface area contributed by atoms with E-state index in [0.29, 0.717) is 5.92 Å². The molecular formula is C15H27N3O. The number of hydrogen-bond acceptors (Lipinski definition) is 4. The Kier molecular flexibility index (Phi) is 7.98. The molecule has 0 spiro atoms. The predicted molar refractivity (Wildman–Crippen MR) is 81.8 cm³/mol. The van der Waals surface area contributed by atoms with Gasteiger partial charge in [0.05, 0.1) is 0 Å². The molecule has 0 fully saturated rings. The summed E-state index contributed by atoms with van der Waals surface area (Å²) in [5.74, 6) is 1.54. The van der Waals surface area contributed by atoms with Crippen molar-refractivity contribution in [2.75, 3.05) is 36.9 Å². The minimum atomic E-state index is 0.611. The lowest BCUT2D eigenvalue weighted by atomic mass is 10.2. The van der Waals surface area contributed by atoms with Gasteiger partial charge in [-0.3, -0.25) is 0 Å². The van der Waals surface area contributed by atoms with Crippen LogP contribution in [0, 0.1) is 5.92 Å². The van der Waals surface area contributed by atoms with Crippen LogP contribution in [-0.4, -0.2) is 31.3 Å². The number of aromatic nitrogens is 1. The highest BCUT2D eigenvalue weighted by Gasteiger charge is 1.97. The molecule has 1 rings (SSSR count). The Morgan fingerprint density at radius 2 is 2.11 bits per heavy atom. The lowest BCUT2D eigenvalue weighted by molar-refractivity contribution is 0.110. The third-order valence-electron chi connectivity index (χ3n) is 2.56. The van der Waals surface area contributed by atoms with Gasteiger partial charge in [0, 0.05) is 44.3 Å². The molecule has 0 radical (unpaired) electrons. The third-order valence-corrected chi connectivity index (χ3v) is 2.56. The van der Waals surface area contributed by atoms with E-state index in [-0.39, 0.29) is 0 Å². The van der Waals surface area contributed by atoms with Crippen LogP contribution in [-0.2, 0) is 4.74 Å². The van der Waals surface area contributed by atoms with Crippen LogP contribution in [0.2, 0.25) is 0 Å². The van der Waals surface area contributed by atoms with Crippen molar-refractivity contribution in [3.05, 3.63) is 18.3 Å². The topological polar surface area (TPSA) is 46.2 Å². The van der Waals surface area contributed by atoms with Crippen molar-refractivity contribution in [3.63, 3.8) is 0 Å². The van der Waals surface area contributed by atoms with E-state index in [4.69, 9.17) is 4.74 Å². The van der Waals surface area contributed by atoms with Crippen molar-refractivity contribution >= 4 is 11.5 Å². The molecule has 0 amide bonds. The number of nitrogens with one attached hydrogen (secondary N) is 2. The fourth-order valence-electron chi connectivity index (χ4n) is 1.62. The highest BCUT2D eigenvalue weighted by molar-refractivity contribution is 5.51. The maximum absolute atomic E-state index is 5.55. The first-order valence-corrected chi connectivity index (χ1v) is 7.24. The number of ether oxygens (including phenoxy) is 1. The number of rotatable bonds is 10. The van der Waals surface area contributed by atoms with E-state index in [1.54, 1.807) is 0 Å². The van der Waals surface area contributed by atoms with Gasteiger partial charge in [0.15, 0.2) is 0 Å². The molecule has 1 aromatic rings. The van der Waals surface area contributed by atoms with E-state index in [0.717, 1.165) is 50.7 Å². The number of hydrogen-bond donors (Lipinski definition) is 2. The van der Waals surface area contributed by atoms with Gasteiger partial charge in [0.2, 0.25) is 0 Å². The van der Waals surface area contributed by atoms with Crippen LogP contribution in [0.5, 0.6) is 0 Å². The second kappa shape index (κ2) is 9.62. The average molecular weight is 265 g/mol. The lowest BCUT2D eigenvalue weighted by Crippen LogP contribution is -2.09. The van der Waals surface area contributed by atoms with Gasteiger partial charge in [-0.2, -0.15) is 0 Å². The van der Waals surface area contributed by atoms with Crippen LogP contribution < -0.4 is 10.6 Å². The first-order valence-electron chi connectivity index (χ1n) is 7.24. The van der Waals surface area contributed by atoms with E-state index >= 15 is 0 Å². The minimum Gasteiger partial charge on any atom is -0.385 e. The summed E-state index contributed by atoms with van der Waals surface area (Å²) in [6, 6.07) is 4.04. The number of nitrogens with zero attached hydrogens (tertiary/aromatic N) is 1. The van der Waals surface area contributed by atoms with Crippen LogP contribution in [0.1, 0.15) is 33.6 Å². The predicted octanol–water partition coefficient (Wildman–Crippen LogP) is 3.38. The molecule has 0 bridgehead atoms. The maximum atomic E-state index is 5.55. The van der Waals surface area contributed by atoms with Gasteiger partial charge in [-0.15, -0.1) is 0 Å². The van der Waals surface area contributed by atoms with Crippen LogP contribution >= 0.6 is 0 Å². The van der Waals surface area contributed by atoms with Crippen LogP contribution in [0.4, 0.5) is 11.5 Å². The zero-order valence-electron chi connectivity index (χ0n) is 12.4. The van der Waals surface area contributed by atoms with Gasteiger partial charge < -0.3 is 15.4 Å². The summed E-state index contributed by atoms with van der Waals surface area (Å²) >= 11 is 0. The molecule has 4 nitrogen and oxygen atoms in total. The standard InChI is InChI=1S/C15H27N3O/c1-4-7-17-15-11-14(6-9-18-15)16-8-5-10-19-12-13(2)3/h6,9,11,13H,4-5,7-8,10,12H2,1-3H3,(H2,16,17,18). The van der Waals surface area contributed by atoms with Crippen molar-refractivity contribution in [3.8, 4) is 0 Å².